The second-order valence-electron chi connectivity index (χ2n) is 6.83. The van der Waals surface area contributed by atoms with Gasteiger partial charge in [-0.3, -0.25) is 9.59 Å². The van der Waals surface area contributed by atoms with E-state index in [1.807, 2.05) is 42.5 Å². The number of carbonyl (C=O) groups is 2. The van der Waals surface area contributed by atoms with Crippen molar-refractivity contribution in [3.8, 4) is 11.5 Å². The maximum atomic E-state index is 12.7. The van der Waals surface area contributed by atoms with Crippen molar-refractivity contribution in [2.24, 2.45) is 5.92 Å². The molecule has 0 N–H and O–H groups in total. The van der Waals surface area contributed by atoms with Crippen LogP contribution < -0.4 is 14.4 Å². The average Bonchev–Trinajstić information content (AvgIpc) is 2.77. The standard InChI is InChI=1S/C22H26N2O4/c1-23(18-8-4-3-5-9-18)22(26)17-12-14-24(15-13-17)21(25)16-28-20-11-7-6-10-19(20)27-2/h3-11,17H,12-16H2,1-2H3. The number of hydrogen-bond acceptors (Lipinski definition) is 4. The van der Waals surface area contributed by atoms with Crippen LogP contribution in [0.1, 0.15) is 12.8 Å². The lowest BCUT2D eigenvalue weighted by molar-refractivity contribution is -0.136. The van der Waals surface area contributed by atoms with Crippen LogP contribution in [0.5, 0.6) is 11.5 Å². The molecule has 6 nitrogen and oxygen atoms in total. The van der Waals surface area contributed by atoms with E-state index in [1.165, 1.54) is 0 Å². The largest absolute Gasteiger partial charge is 0.493 e. The number of carbonyl (C=O) groups excluding carboxylic acids is 2. The molecule has 1 heterocycles. The summed E-state index contributed by atoms with van der Waals surface area (Å²) < 4.78 is 10.9. The van der Waals surface area contributed by atoms with Gasteiger partial charge in [0.15, 0.2) is 18.1 Å². The summed E-state index contributed by atoms with van der Waals surface area (Å²) in [7, 11) is 3.37. The Kier molecular flexibility index (Phi) is 6.53. The second-order valence-corrected chi connectivity index (χ2v) is 6.83. The van der Waals surface area contributed by atoms with Gasteiger partial charge in [0, 0.05) is 31.7 Å². The molecule has 6 heteroatoms. The first-order chi connectivity index (χ1) is 13.6. The van der Waals surface area contributed by atoms with Crippen molar-refractivity contribution in [2.75, 3.05) is 38.8 Å². The van der Waals surface area contributed by atoms with E-state index in [9.17, 15) is 9.59 Å². The summed E-state index contributed by atoms with van der Waals surface area (Å²) in [5.41, 5.74) is 0.885. The van der Waals surface area contributed by atoms with Gasteiger partial charge < -0.3 is 19.3 Å². The number of anilines is 1. The van der Waals surface area contributed by atoms with Gasteiger partial charge in [0.1, 0.15) is 0 Å². The first kappa shape index (κ1) is 19.7. The molecule has 1 saturated heterocycles. The van der Waals surface area contributed by atoms with Crippen LogP contribution >= 0.6 is 0 Å². The molecule has 0 aromatic heterocycles. The topological polar surface area (TPSA) is 59.1 Å². The summed E-state index contributed by atoms with van der Waals surface area (Å²) in [6.07, 6.45) is 1.33. The molecule has 0 unspecified atom stereocenters. The molecule has 1 fully saturated rings. The van der Waals surface area contributed by atoms with Crippen molar-refractivity contribution < 1.29 is 19.1 Å². The van der Waals surface area contributed by atoms with E-state index in [4.69, 9.17) is 9.47 Å². The highest BCUT2D eigenvalue weighted by atomic mass is 16.5. The Bertz CT molecular complexity index is 801. The summed E-state index contributed by atoms with van der Waals surface area (Å²) in [6.45, 7) is 1.09. The Morgan fingerprint density at radius 2 is 1.61 bits per heavy atom. The van der Waals surface area contributed by atoms with Gasteiger partial charge in [-0.15, -0.1) is 0 Å². The molecule has 0 spiro atoms. The Morgan fingerprint density at radius 1 is 1.00 bits per heavy atom. The Hall–Kier alpha value is -3.02. The molecule has 2 amide bonds. The van der Waals surface area contributed by atoms with Crippen molar-refractivity contribution >= 4 is 17.5 Å². The van der Waals surface area contributed by atoms with Gasteiger partial charge in [0.05, 0.1) is 7.11 Å². The van der Waals surface area contributed by atoms with Crippen LogP contribution in [-0.2, 0) is 9.59 Å². The zero-order chi connectivity index (χ0) is 19.9. The summed E-state index contributed by atoms with van der Waals surface area (Å²) in [5.74, 6) is 1.11. The van der Waals surface area contributed by atoms with E-state index in [0.29, 0.717) is 37.4 Å². The number of ether oxygens (including phenoxy) is 2. The maximum Gasteiger partial charge on any atom is 0.260 e. The quantitative estimate of drug-likeness (QED) is 0.771. The third kappa shape index (κ3) is 4.63. The lowest BCUT2D eigenvalue weighted by Crippen LogP contribution is -2.45. The Morgan fingerprint density at radius 3 is 2.25 bits per heavy atom. The zero-order valence-electron chi connectivity index (χ0n) is 16.3. The lowest BCUT2D eigenvalue weighted by atomic mass is 9.95. The summed E-state index contributed by atoms with van der Waals surface area (Å²) in [4.78, 5) is 28.7. The Balaban J connectivity index is 1.49. The lowest BCUT2D eigenvalue weighted by Gasteiger charge is -2.33. The summed E-state index contributed by atoms with van der Waals surface area (Å²) in [6, 6.07) is 16.9. The van der Waals surface area contributed by atoms with Crippen molar-refractivity contribution in [3.63, 3.8) is 0 Å². The van der Waals surface area contributed by atoms with E-state index in [1.54, 1.807) is 36.1 Å². The van der Waals surface area contributed by atoms with Crippen LogP contribution in [0, 0.1) is 5.92 Å². The molecule has 28 heavy (non-hydrogen) atoms. The Labute approximate surface area is 165 Å². The summed E-state index contributed by atoms with van der Waals surface area (Å²) >= 11 is 0. The molecule has 1 aliphatic heterocycles. The van der Waals surface area contributed by atoms with Crippen LogP contribution in [0.25, 0.3) is 0 Å². The molecule has 0 bridgehead atoms. The monoisotopic (exact) mass is 382 g/mol. The number of likely N-dealkylation sites (tertiary alicyclic amines) is 1. The SMILES string of the molecule is COc1ccccc1OCC(=O)N1CCC(C(=O)N(C)c2ccccc2)CC1. The van der Waals surface area contributed by atoms with E-state index in [2.05, 4.69) is 0 Å². The fraction of sp³-hybridized carbons (Fsp3) is 0.364. The van der Waals surface area contributed by atoms with Crippen molar-refractivity contribution in [1.29, 1.82) is 0 Å². The first-order valence-electron chi connectivity index (χ1n) is 9.46. The minimum absolute atomic E-state index is 0.0388. The third-order valence-electron chi connectivity index (χ3n) is 5.09. The molecule has 148 valence electrons. The number of para-hydroxylation sites is 3. The van der Waals surface area contributed by atoms with Crippen LogP contribution in [0.15, 0.2) is 54.6 Å². The van der Waals surface area contributed by atoms with Crippen molar-refractivity contribution in [3.05, 3.63) is 54.6 Å². The van der Waals surface area contributed by atoms with Gasteiger partial charge in [-0.1, -0.05) is 30.3 Å². The number of piperidine rings is 1. The molecule has 0 radical (unpaired) electrons. The van der Waals surface area contributed by atoms with Crippen LogP contribution in [0.3, 0.4) is 0 Å². The van der Waals surface area contributed by atoms with Crippen molar-refractivity contribution in [1.82, 2.24) is 4.90 Å². The van der Waals surface area contributed by atoms with E-state index < -0.39 is 0 Å². The fourth-order valence-electron chi connectivity index (χ4n) is 3.40. The van der Waals surface area contributed by atoms with Gasteiger partial charge in [-0.25, -0.2) is 0 Å². The molecule has 3 rings (SSSR count). The molecule has 2 aromatic rings. The minimum atomic E-state index is -0.0757. The van der Waals surface area contributed by atoms with Gasteiger partial charge in [0.2, 0.25) is 5.91 Å². The molecule has 0 atom stereocenters. The second kappa shape index (κ2) is 9.26. The van der Waals surface area contributed by atoms with Gasteiger partial charge in [0.25, 0.3) is 5.91 Å². The highest BCUT2D eigenvalue weighted by Gasteiger charge is 2.29. The molecule has 1 aliphatic rings. The number of hydrogen-bond donors (Lipinski definition) is 0. The summed E-state index contributed by atoms with van der Waals surface area (Å²) in [5, 5.41) is 0. The van der Waals surface area contributed by atoms with Crippen LogP contribution in [-0.4, -0.2) is 50.6 Å². The predicted octanol–water partition coefficient (Wildman–Crippen LogP) is 2.98. The highest BCUT2D eigenvalue weighted by molar-refractivity contribution is 5.94. The molecule has 0 aliphatic carbocycles. The van der Waals surface area contributed by atoms with E-state index in [-0.39, 0.29) is 24.3 Å². The number of nitrogens with zero attached hydrogens (tertiary/aromatic N) is 2. The van der Waals surface area contributed by atoms with Crippen LogP contribution in [0.2, 0.25) is 0 Å². The molecular weight excluding hydrogens is 356 g/mol. The zero-order valence-corrected chi connectivity index (χ0v) is 16.3. The third-order valence-corrected chi connectivity index (χ3v) is 5.09. The van der Waals surface area contributed by atoms with E-state index >= 15 is 0 Å². The molecular formula is C22H26N2O4. The number of rotatable bonds is 6. The van der Waals surface area contributed by atoms with Gasteiger partial charge in [-0.2, -0.15) is 0 Å². The predicted molar refractivity (Wildman–Crippen MR) is 108 cm³/mol. The smallest absolute Gasteiger partial charge is 0.260 e. The number of methoxy groups -OCH3 is 1. The highest BCUT2D eigenvalue weighted by Crippen LogP contribution is 2.26. The normalized spacial score (nSPS) is 14.4. The van der Waals surface area contributed by atoms with Gasteiger partial charge >= 0.3 is 0 Å². The average molecular weight is 382 g/mol. The first-order valence-corrected chi connectivity index (χ1v) is 9.46. The molecule has 2 aromatic carbocycles. The number of amides is 2. The fourth-order valence-corrected chi connectivity index (χ4v) is 3.40. The maximum absolute atomic E-state index is 12.7. The minimum Gasteiger partial charge on any atom is -0.493 e. The van der Waals surface area contributed by atoms with Crippen molar-refractivity contribution in [2.45, 2.75) is 12.8 Å². The van der Waals surface area contributed by atoms with E-state index in [0.717, 1.165) is 5.69 Å². The van der Waals surface area contributed by atoms with Gasteiger partial charge in [-0.05, 0) is 37.1 Å². The number of benzene rings is 2. The van der Waals surface area contributed by atoms with Crippen LogP contribution in [0.4, 0.5) is 5.69 Å². The molecule has 0 saturated carbocycles.